The Bertz CT molecular complexity index is 676. The van der Waals surface area contributed by atoms with Crippen molar-refractivity contribution in [2.45, 2.75) is 71.5 Å². The summed E-state index contributed by atoms with van der Waals surface area (Å²) in [6.07, 6.45) is 8.18. The van der Waals surface area contributed by atoms with Crippen molar-refractivity contribution >= 4 is 12.0 Å². The van der Waals surface area contributed by atoms with Crippen LogP contribution in [0, 0.1) is 23.2 Å². The van der Waals surface area contributed by atoms with E-state index in [1.165, 1.54) is 6.08 Å². The Morgan fingerprint density at radius 3 is 2.56 bits per heavy atom. The van der Waals surface area contributed by atoms with E-state index >= 15 is 0 Å². The van der Waals surface area contributed by atoms with Gasteiger partial charge in [-0.05, 0) is 61.5 Å². The molecule has 0 aliphatic heterocycles. The first-order valence-electron chi connectivity index (χ1n) is 10.4. The maximum absolute atomic E-state index is 12.7. The van der Waals surface area contributed by atoms with Crippen LogP contribution in [-0.2, 0) is 9.53 Å². The molecule has 2 fully saturated rings. The molecule has 3 rings (SSSR count). The van der Waals surface area contributed by atoms with Crippen LogP contribution in [0.2, 0.25) is 0 Å². The first kappa shape index (κ1) is 20.1. The van der Waals surface area contributed by atoms with Crippen LogP contribution in [0.4, 0.5) is 0 Å². The van der Waals surface area contributed by atoms with E-state index in [9.17, 15) is 9.90 Å². The van der Waals surface area contributed by atoms with E-state index in [-0.39, 0.29) is 23.4 Å². The fourth-order valence-corrected chi connectivity index (χ4v) is 5.62. The van der Waals surface area contributed by atoms with E-state index in [1.54, 1.807) is 6.08 Å². The number of hydrogen-bond donors (Lipinski definition) is 1. The maximum Gasteiger partial charge on any atom is 0.331 e. The third kappa shape index (κ3) is 4.29. The molecule has 0 aromatic heterocycles. The van der Waals surface area contributed by atoms with Crippen LogP contribution in [0.1, 0.15) is 65.4 Å². The Morgan fingerprint density at radius 1 is 1.19 bits per heavy atom. The minimum absolute atomic E-state index is 0.00558. The number of carbonyl (C=O) groups excluding carboxylic acids is 1. The fraction of sp³-hybridized carbons (Fsp3) is 0.625. The number of benzene rings is 1. The van der Waals surface area contributed by atoms with Crippen LogP contribution >= 0.6 is 0 Å². The van der Waals surface area contributed by atoms with Gasteiger partial charge in [-0.1, -0.05) is 57.5 Å². The molecule has 148 valence electrons. The average molecular weight is 371 g/mol. The fourth-order valence-electron chi connectivity index (χ4n) is 5.62. The van der Waals surface area contributed by atoms with E-state index in [2.05, 4.69) is 20.8 Å². The largest absolute Gasteiger partial charge is 0.458 e. The molecule has 1 aromatic rings. The number of aliphatic hydroxyl groups is 1. The van der Waals surface area contributed by atoms with E-state index in [1.807, 2.05) is 37.3 Å². The summed E-state index contributed by atoms with van der Waals surface area (Å²) in [6, 6.07) is 9.78. The zero-order valence-electron chi connectivity index (χ0n) is 17.2. The van der Waals surface area contributed by atoms with Gasteiger partial charge in [0, 0.05) is 12.0 Å². The molecule has 2 aliphatic carbocycles. The average Bonchev–Trinajstić information content (AvgIpc) is 2.59. The molecule has 3 nitrogen and oxygen atoms in total. The van der Waals surface area contributed by atoms with Gasteiger partial charge in [0.15, 0.2) is 0 Å². The molecule has 5 atom stereocenters. The predicted octanol–water partition coefficient (Wildman–Crippen LogP) is 5.24. The Kier molecular flexibility index (Phi) is 5.81. The second-order valence-electron chi connectivity index (χ2n) is 9.43. The van der Waals surface area contributed by atoms with Gasteiger partial charge >= 0.3 is 5.97 Å². The summed E-state index contributed by atoms with van der Waals surface area (Å²) in [4.78, 5) is 12.7. The Labute approximate surface area is 163 Å². The molecule has 0 saturated heterocycles. The molecule has 0 spiro atoms. The van der Waals surface area contributed by atoms with Gasteiger partial charge in [-0.15, -0.1) is 0 Å². The van der Waals surface area contributed by atoms with Crippen molar-refractivity contribution in [1.82, 2.24) is 0 Å². The molecular formula is C24H34O3. The van der Waals surface area contributed by atoms with Gasteiger partial charge in [0.25, 0.3) is 0 Å². The van der Waals surface area contributed by atoms with Gasteiger partial charge in [0.2, 0.25) is 0 Å². The van der Waals surface area contributed by atoms with E-state index < -0.39 is 5.60 Å². The number of esters is 1. The third-order valence-electron chi connectivity index (χ3n) is 6.97. The van der Waals surface area contributed by atoms with Crippen molar-refractivity contribution in [2.75, 3.05) is 0 Å². The highest BCUT2D eigenvalue weighted by Gasteiger charge is 2.57. The first-order valence-corrected chi connectivity index (χ1v) is 10.4. The minimum atomic E-state index is -0.783. The molecule has 0 amide bonds. The lowest BCUT2D eigenvalue weighted by Crippen LogP contribution is -2.59. The van der Waals surface area contributed by atoms with Crippen molar-refractivity contribution in [3.63, 3.8) is 0 Å². The molecule has 1 aromatic carbocycles. The normalized spacial score (nSPS) is 36.6. The first-order chi connectivity index (χ1) is 12.7. The Balaban J connectivity index is 1.83. The summed E-state index contributed by atoms with van der Waals surface area (Å²) >= 11 is 0. The van der Waals surface area contributed by atoms with Gasteiger partial charge in [0.1, 0.15) is 6.10 Å². The summed E-state index contributed by atoms with van der Waals surface area (Å²) in [5.74, 6) is 0.402. The summed E-state index contributed by atoms with van der Waals surface area (Å²) in [7, 11) is 0. The molecule has 2 aliphatic rings. The standard InChI is InChI=1S/C24H34O3/c1-17(2)19-13-16-23(3)14-8-15-24(4,26)22(23)21(19)27-20(25)12-11-18-9-6-5-7-10-18/h5-7,9-12,17,19,21-22,26H,8,13-16H2,1-4H3/b12-11+/t19-,21+,22+,23+,24-/m0/s1. The number of carbonyl (C=O) groups is 1. The number of ether oxygens (including phenoxy) is 1. The van der Waals surface area contributed by atoms with Crippen LogP contribution in [0.3, 0.4) is 0 Å². The highest BCUT2D eigenvalue weighted by Crippen LogP contribution is 2.57. The van der Waals surface area contributed by atoms with Crippen LogP contribution in [0.25, 0.3) is 6.08 Å². The number of fused-ring (bicyclic) bond motifs is 1. The zero-order valence-corrected chi connectivity index (χ0v) is 17.2. The third-order valence-corrected chi connectivity index (χ3v) is 6.97. The predicted molar refractivity (Wildman–Crippen MR) is 109 cm³/mol. The summed E-state index contributed by atoms with van der Waals surface area (Å²) in [5, 5.41) is 11.2. The summed E-state index contributed by atoms with van der Waals surface area (Å²) < 4.78 is 6.07. The SMILES string of the molecule is CC(C)[C@@H]1CC[C@@]2(C)CCC[C@](C)(O)[C@@H]2[C@@H]1OC(=O)/C=C/c1ccccc1. The highest BCUT2D eigenvalue weighted by molar-refractivity contribution is 5.87. The monoisotopic (exact) mass is 370 g/mol. The second kappa shape index (κ2) is 7.79. The quantitative estimate of drug-likeness (QED) is 0.583. The zero-order chi connectivity index (χ0) is 19.7. The van der Waals surface area contributed by atoms with E-state index in [0.717, 1.165) is 37.7 Å². The van der Waals surface area contributed by atoms with Gasteiger partial charge in [0.05, 0.1) is 5.60 Å². The Hall–Kier alpha value is -1.61. The maximum atomic E-state index is 12.7. The summed E-state index contributed by atoms with van der Waals surface area (Å²) in [5.41, 5.74) is 0.239. The highest BCUT2D eigenvalue weighted by atomic mass is 16.5. The van der Waals surface area contributed by atoms with Gasteiger partial charge in [-0.25, -0.2) is 4.79 Å². The van der Waals surface area contributed by atoms with Crippen molar-refractivity contribution in [3.05, 3.63) is 42.0 Å². The lowest BCUT2D eigenvalue weighted by molar-refractivity contribution is -0.201. The van der Waals surface area contributed by atoms with Crippen molar-refractivity contribution in [3.8, 4) is 0 Å². The van der Waals surface area contributed by atoms with E-state index in [0.29, 0.717) is 11.8 Å². The molecular weight excluding hydrogens is 336 g/mol. The van der Waals surface area contributed by atoms with Crippen LogP contribution in [0.15, 0.2) is 36.4 Å². The second-order valence-corrected chi connectivity index (χ2v) is 9.43. The van der Waals surface area contributed by atoms with Gasteiger partial charge in [-0.3, -0.25) is 0 Å². The molecule has 0 heterocycles. The van der Waals surface area contributed by atoms with Crippen LogP contribution in [-0.4, -0.2) is 22.8 Å². The lowest BCUT2D eigenvalue weighted by Gasteiger charge is -2.57. The molecule has 0 radical (unpaired) electrons. The smallest absolute Gasteiger partial charge is 0.331 e. The lowest BCUT2D eigenvalue weighted by atomic mass is 9.51. The number of rotatable bonds is 4. The van der Waals surface area contributed by atoms with E-state index in [4.69, 9.17) is 4.74 Å². The molecule has 1 N–H and O–H groups in total. The number of hydrogen-bond acceptors (Lipinski definition) is 3. The minimum Gasteiger partial charge on any atom is -0.458 e. The molecule has 0 bridgehead atoms. The molecule has 2 saturated carbocycles. The van der Waals surface area contributed by atoms with Crippen molar-refractivity contribution < 1.29 is 14.6 Å². The van der Waals surface area contributed by atoms with Crippen molar-refractivity contribution in [2.24, 2.45) is 23.2 Å². The van der Waals surface area contributed by atoms with Crippen LogP contribution < -0.4 is 0 Å². The summed E-state index contributed by atoms with van der Waals surface area (Å²) in [6.45, 7) is 8.62. The molecule has 3 heteroatoms. The van der Waals surface area contributed by atoms with Gasteiger partial charge in [-0.2, -0.15) is 0 Å². The van der Waals surface area contributed by atoms with Crippen molar-refractivity contribution in [1.29, 1.82) is 0 Å². The van der Waals surface area contributed by atoms with Gasteiger partial charge < -0.3 is 9.84 Å². The molecule has 27 heavy (non-hydrogen) atoms. The van der Waals surface area contributed by atoms with Crippen LogP contribution in [0.5, 0.6) is 0 Å². The Morgan fingerprint density at radius 2 is 1.89 bits per heavy atom. The topological polar surface area (TPSA) is 46.5 Å². The molecule has 0 unspecified atom stereocenters.